The van der Waals surface area contributed by atoms with Crippen LogP contribution in [0.2, 0.25) is 0 Å². The van der Waals surface area contributed by atoms with Crippen LogP contribution in [0, 0.1) is 0 Å². The first-order valence-corrected chi connectivity index (χ1v) is 15.4. The van der Waals surface area contributed by atoms with Crippen molar-refractivity contribution in [2.45, 2.75) is 0 Å². The third kappa shape index (κ3) is 3.67. The summed E-state index contributed by atoms with van der Waals surface area (Å²) in [7, 11) is -3.19. The highest BCUT2D eigenvalue weighted by atomic mass is 31.2. The number of aromatic nitrogens is 1. The van der Waals surface area contributed by atoms with Crippen molar-refractivity contribution in [3.63, 3.8) is 0 Å². The minimum atomic E-state index is -3.19. The lowest BCUT2D eigenvalue weighted by atomic mass is 9.95. The second-order valence-corrected chi connectivity index (χ2v) is 13.1. The smallest absolute Gasteiger partial charge is 0.172 e. The zero-order valence-corrected chi connectivity index (χ0v) is 23.0. The predicted octanol–water partition coefficient (Wildman–Crippen LogP) is 8.59. The van der Waals surface area contributed by atoms with Gasteiger partial charge in [-0.3, -0.25) is 4.98 Å². The monoisotopic (exact) mass is 545 g/mol. The van der Waals surface area contributed by atoms with Gasteiger partial charge in [0.15, 0.2) is 7.14 Å². The number of rotatable bonds is 4. The van der Waals surface area contributed by atoms with Crippen LogP contribution in [0.25, 0.3) is 54.6 Å². The zero-order chi connectivity index (χ0) is 27.4. The molecular formula is C37H24NO2P. The van der Waals surface area contributed by atoms with Crippen molar-refractivity contribution in [2.24, 2.45) is 0 Å². The third-order valence-electron chi connectivity index (χ3n) is 7.99. The Labute approximate surface area is 237 Å². The maximum atomic E-state index is 15.1. The fourth-order valence-corrected chi connectivity index (χ4v) is 8.70. The molecular weight excluding hydrogens is 521 g/mol. The number of hydrogen-bond donors (Lipinski definition) is 0. The van der Waals surface area contributed by atoms with E-state index in [4.69, 9.17) is 4.42 Å². The highest BCUT2D eigenvalue weighted by Gasteiger charge is 2.30. The van der Waals surface area contributed by atoms with Crippen LogP contribution < -0.4 is 15.9 Å². The average molecular weight is 546 g/mol. The van der Waals surface area contributed by atoms with Gasteiger partial charge in [0.05, 0.1) is 0 Å². The van der Waals surface area contributed by atoms with E-state index in [0.29, 0.717) is 5.30 Å². The molecule has 0 aliphatic carbocycles. The maximum absolute atomic E-state index is 15.1. The average Bonchev–Trinajstić information content (AvgIpc) is 3.45. The SMILES string of the molecule is O=P(c1ccccc1)(c1ccccc1)c1cncc(-c2cc3ccccc3c3c2oc2ccc4ccccc4c23)c1. The van der Waals surface area contributed by atoms with Gasteiger partial charge < -0.3 is 8.98 Å². The maximum Gasteiger partial charge on any atom is 0.172 e. The summed E-state index contributed by atoms with van der Waals surface area (Å²) in [4.78, 5) is 4.65. The Morgan fingerprint density at radius 1 is 0.537 bits per heavy atom. The first-order valence-electron chi connectivity index (χ1n) is 13.6. The van der Waals surface area contributed by atoms with Gasteiger partial charge in [0, 0.05) is 50.2 Å². The van der Waals surface area contributed by atoms with E-state index in [2.05, 4.69) is 71.7 Å². The van der Waals surface area contributed by atoms with Gasteiger partial charge in [-0.1, -0.05) is 115 Å². The lowest BCUT2D eigenvalue weighted by Gasteiger charge is -2.20. The number of benzene rings is 6. The summed E-state index contributed by atoms with van der Waals surface area (Å²) in [5.41, 5.74) is 3.46. The van der Waals surface area contributed by atoms with Crippen LogP contribution in [0.1, 0.15) is 0 Å². The molecule has 0 radical (unpaired) electrons. The lowest BCUT2D eigenvalue weighted by molar-refractivity contribution is 0.592. The van der Waals surface area contributed by atoms with Gasteiger partial charge in [-0.25, -0.2) is 0 Å². The molecule has 0 fully saturated rings. The molecule has 194 valence electrons. The molecule has 0 N–H and O–H groups in total. The molecule has 8 aromatic rings. The number of pyridine rings is 1. The normalized spacial score (nSPS) is 12.0. The van der Waals surface area contributed by atoms with Crippen molar-refractivity contribution >= 4 is 66.5 Å². The molecule has 0 unspecified atom stereocenters. The van der Waals surface area contributed by atoms with Gasteiger partial charge >= 0.3 is 0 Å². The number of furan rings is 1. The highest BCUT2D eigenvalue weighted by Crippen LogP contribution is 2.45. The van der Waals surface area contributed by atoms with Crippen LogP contribution in [0.3, 0.4) is 0 Å². The Morgan fingerprint density at radius 2 is 1.15 bits per heavy atom. The van der Waals surface area contributed by atoms with Crippen molar-refractivity contribution in [1.82, 2.24) is 4.98 Å². The van der Waals surface area contributed by atoms with E-state index < -0.39 is 7.14 Å². The van der Waals surface area contributed by atoms with Gasteiger partial charge in [0.25, 0.3) is 0 Å². The summed E-state index contributed by atoms with van der Waals surface area (Å²) >= 11 is 0. The van der Waals surface area contributed by atoms with E-state index in [-0.39, 0.29) is 0 Å². The summed E-state index contributed by atoms with van der Waals surface area (Å²) in [5, 5.41) is 9.05. The van der Waals surface area contributed by atoms with Crippen molar-refractivity contribution in [3.05, 3.63) is 146 Å². The molecule has 41 heavy (non-hydrogen) atoms. The molecule has 8 rings (SSSR count). The van der Waals surface area contributed by atoms with Gasteiger partial charge in [-0.05, 0) is 39.7 Å². The number of nitrogens with zero attached hydrogens (tertiary/aromatic N) is 1. The van der Waals surface area contributed by atoms with Gasteiger partial charge in [0.2, 0.25) is 0 Å². The van der Waals surface area contributed by atoms with E-state index in [9.17, 15) is 0 Å². The molecule has 0 aliphatic heterocycles. The van der Waals surface area contributed by atoms with Gasteiger partial charge in [-0.15, -0.1) is 0 Å². The quantitative estimate of drug-likeness (QED) is 0.208. The minimum Gasteiger partial charge on any atom is -0.455 e. The Bertz CT molecular complexity index is 2240. The third-order valence-corrected chi connectivity index (χ3v) is 11.0. The fraction of sp³-hybridized carbons (Fsp3) is 0. The summed E-state index contributed by atoms with van der Waals surface area (Å²) in [6, 6.07) is 44.7. The summed E-state index contributed by atoms with van der Waals surface area (Å²) in [6.45, 7) is 0. The summed E-state index contributed by atoms with van der Waals surface area (Å²) in [6.07, 6.45) is 3.59. The molecule has 0 spiro atoms. The van der Waals surface area contributed by atoms with Crippen LogP contribution in [0.5, 0.6) is 0 Å². The Morgan fingerprint density at radius 3 is 1.85 bits per heavy atom. The van der Waals surface area contributed by atoms with E-state index in [1.165, 1.54) is 5.39 Å². The fourth-order valence-electron chi connectivity index (χ4n) is 6.07. The van der Waals surface area contributed by atoms with Crippen LogP contribution in [0.15, 0.2) is 150 Å². The van der Waals surface area contributed by atoms with Crippen LogP contribution in [0.4, 0.5) is 0 Å². The topological polar surface area (TPSA) is 43.1 Å². The highest BCUT2D eigenvalue weighted by molar-refractivity contribution is 7.85. The largest absolute Gasteiger partial charge is 0.455 e. The van der Waals surface area contributed by atoms with Crippen molar-refractivity contribution in [3.8, 4) is 11.1 Å². The van der Waals surface area contributed by atoms with Gasteiger partial charge in [-0.2, -0.15) is 0 Å². The molecule has 0 saturated heterocycles. The van der Waals surface area contributed by atoms with Crippen molar-refractivity contribution < 1.29 is 8.98 Å². The van der Waals surface area contributed by atoms with E-state index >= 15 is 4.57 Å². The van der Waals surface area contributed by atoms with Gasteiger partial charge in [0.1, 0.15) is 11.2 Å². The molecule has 0 saturated carbocycles. The second kappa shape index (κ2) is 9.30. The molecule has 4 heteroatoms. The Hall–Kier alpha value is -4.98. The molecule has 6 aromatic carbocycles. The number of hydrogen-bond acceptors (Lipinski definition) is 3. The molecule has 2 aromatic heterocycles. The molecule has 0 atom stereocenters. The van der Waals surface area contributed by atoms with E-state index in [0.717, 1.165) is 59.8 Å². The Balaban J connectivity index is 1.44. The second-order valence-electron chi connectivity index (χ2n) is 10.3. The molecule has 0 aliphatic rings. The first kappa shape index (κ1) is 23.9. The Kier molecular flexibility index (Phi) is 5.41. The first-order chi connectivity index (χ1) is 20.2. The predicted molar refractivity (Wildman–Crippen MR) is 171 cm³/mol. The molecule has 0 bridgehead atoms. The van der Waals surface area contributed by atoms with Crippen LogP contribution in [-0.2, 0) is 4.57 Å². The van der Waals surface area contributed by atoms with E-state index in [1.807, 2.05) is 72.9 Å². The number of fused-ring (bicyclic) bond motifs is 7. The minimum absolute atomic E-state index is 0.690. The zero-order valence-electron chi connectivity index (χ0n) is 22.1. The van der Waals surface area contributed by atoms with Crippen molar-refractivity contribution in [2.75, 3.05) is 0 Å². The van der Waals surface area contributed by atoms with Crippen LogP contribution >= 0.6 is 7.14 Å². The van der Waals surface area contributed by atoms with E-state index in [1.54, 1.807) is 6.20 Å². The standard InChI is InChI=1S/C37H24NO2P/c39-41(28-13-3-1-4-14-28,29-15-5-2-6-16-29)30-21-27(23-38-24-30)33-22-26-12-8-10-18-32(26)36-35-31-17-9-7-11-25(31)19-20-34(35)40-37(33)36/h1-24H. The van der Waals surface area contributed by atoms with Crippen LogP contribution in [-0.4, -0.2) is 4.98 Å². The lowest BCUT2D eigenvalue weighted by Crippen LogP contribution is -2.25. The summed E-state index contributed by atoms with van der Waals surface area (Å²) in [5.74, 6) is 0. The van der Waals surface area contributed by atoms with Crippen molar-refractivity contribution in [1.29, 1.82) is 0 Å². The molecule has 0 amide bonds. The molecule has 2 heterocycles. The summed E-state index contributed by atoms with van der Waals surface area (Å²) < 4.78 is 21.8. The molecule has 3 nitrogen and oxygen atoms in total.